The summed E-state index contributed by atoms with van der Waals surface area (Å²) in [6.07, 6.45) is 0.363. The van der Waals surface area contributed by atoms with E-state index in [0.717, 1.165) is 2.88 Å². The second-order valence-electron chi connectivity index (χ2n) is 4.07. The Labute approximate surface area is 124 Å². The first-order valence-corrected chi connectivity index (χ1v) is 7.43. The summed E-state index contributed by atoms with van der Waals surface area (Å²) in [6.45, 7) is 4.34. The fraction of sp³-hybridized carbons (Fsp3) is 0.455. The van der Waals surface area contributed by atoms with Crippen molar-refractivity contribution in [3.05, 3.63) is 19.9 Å². The first kappa shape index (κ1) is 15.2. The molecule has 0 saturated carbocycles. The third kappa shape index (κ3) is 4.13. The van der Waals surface area contributed by atoms with Crippen LogP contribution in [0.4, 0.5) is 0 Å². The molecular weight excluding hydrogens is 365 g/mol. The molecule has 1 heterocycles. The summed E-state index contributed by atoms with van der Waals surface area (Å²) in [5, 5.41) is 13.3. The third-order valence-corrected chi connectivity index (χ3v) is 4.22. The van der Waals surface area contributed by atoms with Crippen LogP contribution in [-0.2, 0) is 0 Å². The SMILES string of the molecule is CC(C)N(CCC(N)=NO)C(=O)c1csc(I)c1. The van der Waals surface area contributed by atoms with Gasteiger partial charge in [0.25, 0.3) is 5.91 Å². The van der Waals surface area contributed by atoms with Crippen LogP contribution in [0.2, 0.25) is 0 Å². The average molecular weight is 381 g/mol. The van der Waals surface area contributed by atoms with Crippen molar-refractivity contribution in [2.75, 3.05) is 6.54 Å². The normalized spacial score (nSPS) is 11.9. The highest BCUT2D eigenvalue weighted by atomic mass is 127. The lowest BCUT2D eigenvalue weighted by molar-refractivity contribution is 0.0711. The summed E-state index contributed by atoms with van der Waals surface area (Å²) >= 11 is 3.73. The van der Waals surface area contributed by atoms with E-state index in [9.17, 15) is 4.79 Å². The summed E-state index contributed by atoms with van der Waals surface area (Å²) in [5.41, 5.74) is 6.12. The topological polar surface area (TPSA) is 78.9 Å². The molecule has 1 rings (SSSR count). The van der Waals surface area contributed by atoms with Crippen LogP contribution < -0.4 is 5.73 Å². The molecule has 0 fully saturated rings. The summed E-state index contributed by atoms with van der Waals surface area (Å²) in [6, 6.07) is 1.94. The van der Waals surface area contributed by atoms with Gasteiger partial charge in [-0.05, 0) is 42.5 Å². The van der Waals surface area contributed by atoms with Crippen molar-refractivity contribution in [3.63, 3.8) is 0 Å². The Morgan fingerprint density at radius 3 is 2.78 bits per heavy atom. The van der Waals surface area contributed by atoms with Gasteiger partial charge in [-0.1, -0.05) is 5.16 Å². The quantitative estimate of drug-likeness (QED) is 0.270. The standard InChI is InChI=1S/C11H16IN3O2S/c1-7(2)15(4-3-10(13)14-17)11(16)8-5-9(12)18-6-8/h5-7,17H,3-4H2,1-2H3,(H2,13,14). The fourth-order valence-corrected chi connectivity index (χ4v) is 2.79. The van der Waals surface area contributed by atoms with E-state index in [1.54, 1.807) is 16.2 Å². The first-order chi connectivity index (χ1) is 8.45. The van der Waals surface area contributed by atoms with Crippen LogP contribution in [0, 0.1) is 2.88 Å². The Morgan fingerprint density at radius 2 is 2.33 bits per heavy atom. The summed E-state index contributed by atoms with van der Waals surface area (Å²) in [5.74, 6) is 0.114. The molecule has 0 aliphatic heterocycles. The number of oxime groups is 1. The van der Waals surface area contributed by atoms with Gasteiger partial charge in [0, 0.05) is 24.4 Å². The molecule has 1 aromatic rings. The number of amides is 1. The van der Waals surface area contributed by atoms with Gasteiger partial charge in [0.2, 0.25) is 0 Å². The zero-order valence-corrected chi connectivity index (χ0v) is 13.2. The van der Waals surface area contributed by atoms with Gasteiger partial charge in [0.05, 0.1) is 8.45 Å². The molecule has 0 atom stereocenters. The van der Waals surface area contributed by atoms with E-state index in [1.807, 2.05) is 25.3 Å². The number of thiophene rings is 1. The largest absolute Gasteiger partial charge is 0.409 e. The molecule has 0 radical (unpaired) electrons. The lowest BCUT2D eigenvalue weighted by Gasteiger charge is -2.26. The number of amidine groups is 1. The Hall–Kier alpha value is -0.830. The molecule has 5 nitrogen and oxygen atoms in total. The van der Waals surface area contributed by atoms with Crippen molar-refractivity contribution in [3.8, 4) is 0 Å². The third-order valence-electron chi connectivity index (χ3n) is 2.44. The van der Waals surface area contributed by atoms with E-state index in [4.69, 9.17) is 10.9 Å². The molecule has 0 bridgehead atoms. The van der Waals surface area contributed by atoms with Crippen LogP contribution in [-0.4, -0.2) is 34.4 Å². The van der Waals surface area contributed by atoms with E-state index in [0.29, 0.717) is 18.5 Å². The molecule has 7 heteroatoms. The van der Waals surface area contributed by atoms with E-state index < -0.39 is 0 Å². The van der Waals surface area contributed by atoms with Crippen molar-refractivity contribution in [1.82, 2.24) is 4.90 Å². The predicted molar refractivity (Wildman–Crippen MR) is 81.2 cm³/mol. The van der Waals surface area contributed by atoms with Gasteiger partial charge in [0.15, 0.2) is 0 Å². The Balaban J connectivity index is 2.76. The van der Waals surface area contributed by atoms with Crippen molar-refractivity contribution in [1.29, 1.82) is 0 Å². The monoisotopic (exact) mass is 381 g/mol. The number of hydrogen-bond donors (Lipinski definition) is 2. The molecule has 3 N–H and O–H groups in total. The second kappa shape index (κ2) is 6.93. The highest BCUT2D eigenvalue weighted by Gasteiger charge is 2.19. The maximum absolute atomic E-state index is 12.3. The van der Waals surface area contributed by atoms with Crippen LogP contribution in [0.1, 0.15) is 30.6 Å². The molecular formula is C11H16IN3O2S. The smallest absolute Gasteiger partial charge is 0.254 e. The minimum Gasteiger partial charge on any atom is -0.409 e. The van der Waals surface area contributed by atoms with Gasteiger partial charge < -0.3 is 15.8 Å². The summed E-state index contributed by atoms with van der Waals surface area (Å²) in [4.78, 5) is 14.0. The highest BCUT2D eigenvalue weighted by molar-refractivity contribution is 14.1. The number of rotatable bonds is 5. The van der Waals surface area contributed by atoms with Crippen LogP contribution >= 0.6 is 33.9 Å². The van der Waals surface area contributed by atoms with Crippen LogP contribution in [0.5, 0.6) is 0 Å². The van der Waals surface area contributed by atoms with Crippen molar-refractivity contribution in [2.45, 2.75) is 26.3 Å². The minimum atomic E-state index is -0.0186. The lowest BCUT2D eigenvalue weighted by Crippen LogP contribution is -2.39. The number of nitrogens with zero attached hydrogens (tertiary/aromatic N) is 2. The maximum Gasteiger partial charge on any atom is 0.254 e. The molecule has 100 valence electrons. The van der Waals surface area contributed by atoms with Crippen LogP contribution in [0.3, 0.4) is 0 Å². The molecule has 1 aromatic heterocycles. The van der Waals surface area contributed by atoms with Gasteiger partial charge >= 0.3 is 0 Å². The maximum atomic E-state index is 12.3. The van der Waals surface area contributed by atoms with Gasteiger partial charge in [-0.15, -0.1) is 11.3 Å². The van der Waals surface area contributed by atoms with Crippen LogP contribution in [0.25, 0.3) is 0 Å². The average Bonchev–Trinajstić information content (AvgIpc) is 2.75. The molecule has 0 aliphatic rings. The molecule has 0 aliphatic carbocycles. The van der Waals surface area contributed by atoms with Gasteiger partial charge in [-0.2, -0.15) is 0 Å². The van der Waals surface area contributed by atoms with Crippen molar-refractivity contribution in [2.24, 2.45) is 10.9 Å². The first-order valence-electron chi connectivity index (χ1n) is 5.47. The zero-order chi connectivity index (χ0) is 13.7. The number of carbonyl (C=O) groups excluding carboxylic acids is 1. The number of nitrogens with two attached hydrogens (primary N) is 1. The second-order valence-corrected chi connectivity index (χ2v) is 6.88. The number of carbonyl (C=O) groups is 1. The van der Waals surface area contributed by atoms with Crippen molar-refractivity contribution >= 4 is 45.7 Å². The zero-order valence-electron chi connectivity index (χ0n) is 10.3. The molecule has 0 spiro atoms. The molecule has 0 aromatic carbocycles. The molecule has 0 saturated heterocycles. The molecule has 0 unspecified atom stereocenters. The van der Waals surface area contributed by atoms with Crippen LogP contribution in [0.15, 0.2) is 16.6 Å². The minimum absolute atomic E-state index is 0.0186. The lowest BCUT2D eigenvalue weighted by atomic mass is 10.2. The Bertz CT molecular complexity index is 445. The van der Waals surface area contributed by atoms with Gasteiger partial charge in [-0.3, -0.25) is 4.79 Å². The van der Waals surface area contributed by atoms with E-state index in [-0.39, 0.29) is 17.8 Å². The van der Waals surface area contributed by atoms with E-state index in [1.165, 1.54) is 0 Å². The Morgan fingerprint density at radius 1 is 1.67 bits per heavy atom. The van der Waals surface area contributed by atoms with E-state index >= 15 is 0 Å². The Kier molecular flexibility index (Phi) is 5.86. The predicted octanol–water partition coefficient (Wildman–Crippen LogP) is 2.34. The number of halogens is 1. The van der Waals surface area contributed by atoms with E-state index in [2.05, 4.69) is 27.7 Å². The summed E-state index contributed by atoms with van der Waals surface area (Å²) < 4.78 is 1.08. The van der Waals surface area contributed by atoms with Gasteiger partial charge in [0.1, 0.15) is 5.84 Å². The molecule has 18 heavy (non-hydrogen) atoms. The summed E-state index contributed by atoms with van der Waals surface area (Å²) in [7, 11) is 0. The number of hydrogen-bond acceptors (Lipinski definition) is 4. The fourth-order valence-electron chi connectivity index (χ4n) is 1.47. The highest BCUT2D eigenvalue weighted by Crippen LogP contribution is 2.19. The van der Waals surface area contributed by atoms with Crippen molar-refractivity contribution < 1.29 is 10.0 Å². The van der Waals surface area contributed by atoms with Gasteiger partial charge in [-0.25, -0.2) is 0 Å². The molecule has 1 amide bonds.